The molecule has 1 atom stereocenters. The second kappa shape index (κ2) is 11.4. The number of carbonyl (C=O) groups is 1. The molecule has 0 radical (unpaired) electrons. The van der Waals surface area contributed by atoms with Crippen molar-refractivity contribution >= 4 is 5.97 Å². The van der Waals surface area contributed by atoms with Crippen LogP contribution < -0.4 is 4.74 Å². The van der Waals surface area contributed by atoms with Crippen LogP contribution in [0.25, 0.3) is 11.3 Å². The summed E-state index contributed by atoms with van der Waals surface area (Å²) in [6.45, 7) is 6.06. The number of hydrogen-bond donors (Lipinski definition) is 0. The zero-order valence-electron chi connectivity index (χ0n) is 16.7. The maximum Gasteiger partial charge on any atom is 0.347 e. The van der Waals surface area contributed by atoms with E-state index in [9.17, 15) is 4.79 Å². The zero-order chi connectivity index (χ0) is 19.5. The Balaban J connectivity index is 1.88. The zero-order valence-corrected chi connectivity index (χ0v) is 16.7. The van der Waals surface area contributed by atoms with Crippen LogP contribution in [-0.4, -0.2) is 23.7 Å². The van der Waals surface area contributed by atoms with Crippen molar-refractivity contribution in [2.24, 2.45) is 0 Å². The van der Waals surface area contributed by atoms with Gasteiger partial charge in [0.2, 0.25) is 0 Å². The topological polar surface area (TPSA) is 48.4 Å². The molecule has 0 amide bonds. The number of unbranched alkanes of at least 4 members (excludes halogenated alkanes) is 4. The summed E-state index contributed by atoms with van der Waals surface area (Å²) in [6, 6.07) is 11.9. The lowest BCUT2D eigenvalue weighted by molar-refractivity contribution is -0.150. The van der Waals surface area contributed by atoms with Gasteiger partial charge in [0.25, 0.3) is 0 Å². The van der Waals surface area contributed by atoms with Crippen LogP contribution in [0.5, 0.6) is 5.75 Å². The fourth-order valence-corrected chi connectivity index (χ4v) is 2.89. The minimum atomic E-state index is -0.620. The average molecular weight is 370 g/mol. The summed E-state index contributed by atoms with van der Waals surface area (Å²) in [5.74, 6) is 0.288. The van der Waals surface area contributed by atoms with Crippen LogP contribution in [0.2, 0.25) is 0 Å². The Morgan fingerprint density at radius 1 is 1.00 bits per heavy atom. The molecule has 4 nitrogen and oxygen atoms in total. The number of aromatic nitrogens is 1. The van der Waals surface area contributed by atoms with Crippen LogP contribution in [-0.2, 0) is 16.0 Å². The van der Waals surface area contributed by atoms with Crippen molar-refractivity contribution in [1.29, 1.82) is 0 Å². The van der Waals surface area contributed by atoms with Crippen LogP contribution in [0.15, 0.2) is 42.6 Å². The van der Waals surface area contributed by atoms with E-state index in [-0.39, 0.29) is 5.97 Å². The highest BCUT2D eigenvalue weighted by Gasteiger charge is 2.15. The summed E-state index contributed by atoms with van der Waals surface area (Å²) in [6.07, 6.45) is 8.90. The van der Waals surface area contributed by atoms with Gasteiger partial charge in [-0.15, -0.1) is 0 Å². The van der Waals surface area contributed by atoms with Gasteiger partial charge in [-0.25, -0.2) is 4.79 Å². The molecule has 0 spiro atoms. The molecule has 0 fully saturated rings. The van der Waals surface area contributed by atoms with Gasteiger partial charge >= 0.3 is 5.97 Å². The first-order valence-corrected chi connectivity index (χ1v) is 10.0. The summed E-state index contributed by atoms with van der Waals surface area (Å²) < 4.78 is 10.6. The molecule has 0 aliphatic heterocycles. The van der Waals surface area contributed by atoms with Gasteiger partial charge in [0.15, 0.2) is 6.10 Å². The Morgan fingerprint density at radius 2 is 1.74 bits per heavy atom. The van der Waals surface area contributed by atoms with Crippen molar-refractivity contribution in [2.75, 3.05) is 6.61 Å². The van der Waals surface area contributed by atoms with E-state index in [1.165, 1.54) is 37.7 Å². The van der Waals surface area contributed by atoms with Crippen molar-refractivity contribution in [1.82, 2.24) is 4.98 Å². The van der Waals surface area contributed by atoms with E-state index >= 15 is 0 Å². The summed E-state index contributed by atoms with van der Waals surface area (Å²) in [7, 11) is 0. The first kappa shape index (κ1) is 20.9. The molecule has 1 unspecified atom stereocenters. The maximum atomic E-state index is 11.6. The molecule has 0 saturated carbocycles. The standard InChI is InChI=1S/C23H31NO3/c1-4-6-7-8-9-10-19-11-16-22(24-17-19)20-12-14-21(15-13-20)27-18(3)23(25)26-5-2/h11-18H,4-10H2,1-3H3. The van der Waals surface area contributed by atoms with E-state index < -0.39 is 6.10 Å². The van der Waals surface area contributed by atoms with Crippen molar-refractivity contribution in [3.8, 4) is 17.0 Å². The number of esters is 1. The third-order valence-electron chi connectivity index (χ3n) is 4.48. The van der Waals surface area contributed by atoms with Crippen LogP contribution in [0, 0.1) is 0 Å². The van der Waals surface area contributed by atoms with Crippen molar-refractivity contribution in [2.45, 2.75) is 65.4 Å². The Labute approximate surface area is 162 Å². The molecule has 0 bridgehead atoms. The Hall–Kier alpha value is -2.36. The minimum absolute atomic E-state index is 0.353. The van der Waals surface area contributed by atoms with E-state index in [1.807, 2.05) is 30.5 Å². The second-order valence-corrected chi connectivity index (χ2v) is 6.75. The van der Waals surface area contributed by atoms with Gasteiger partial charge in [0.1, 0.15) is 5.75 Å². The largest absolute Gasteiger partial charge is 0.479 e. The Bertz CT molecular complexity index is 680. The van der Waals surface area contributed by atoms with Crippen molar-refractivity contribution in [3.05, 3.63) is 48.2 Å². The molecule has 0 aliphatic carbocycles. The van der Waals surface area contributed by atoms with Crippen molar-refractivity contribution in [3.63, 3.8) is 0 Å². The lowest BCUT2D eigenvalue weighted by atomic mass is 10.1. The monoisotopic (exact) mass is 369 g/mol. The summed E-state index contributed by atoms with van der Waals surface area (Å²) >= 11 is 0. The van der Waals surface area contributed by atoms with Gasteiger partial charge < -0.3 is 9.47 Å². The molecule has 4 heteroatoms. The molecule has 27 heavy (non-hydrogen) atoms. The van der Waals surface area contributed by atoms with Crippen LogP contribution >= 0.6 is 0 Å². The normalized spacial score (nSPS) is 11.8. The summed E-state index contributed by atoms with van der Waals surface area (Å²) in [4.78, 5) is 16.2. The molecule has 1 aromatic heterocycles. The van der Waals surface area contributed by atoms with Gasteiger partial charge in [0.05, 0.1) is 12.3 Å². The van der Waals surface area contributed by atoms with E-state index in [0.29, 0.717) is 12.4 Å². The highest BCUT2D eigenvalue weighted by atomic mass is 16.6. The molecule has 146 valence electrons. The Morgan fingerprint density at radius 3 is 2.37 bits per heavy atom. The Kier molecular flexibility index (Phi) is 8.82. The molecule has 0 saturated heterocycles. The van der Waals surface area contributed by atoms with Gasteiger partial charge in [-0.3, -0.25) is 4.98 Å². The van der Waals surface area contributed by atoms with Crippen LogP contribution in [0.3, 0.4) is 0 Å². The third-order valence-corrected chi connectivity index (χ3v) is 4.48. The molecular formula is C23H31NO3. The van der Waals surface area contributed by atoms with Gasteiger partial charge in [0, 0.05) is 11.8 Å². The minimum Gasteiger partial charge on any atom is -0.479 e. The first-order chi connectivity index (χ1) is 13.1. The highest BCUT2D eigenvalue weighted by molar-refractivity contribution is 5.74. The van der Waals surface area contributed by atoms with Crippen molar-refractivity contribution < 1.29 is 14.3 Å². The predicted molar refractivity (Wildman–Crippen MR) is 109 cm³/mol. The molecule has 2 rings (SSSR count). The number of carbonyl (C=O) groups excluding carboxylic acids is 1. The second-order valence-electron chi connectivity index (χ2n) is 6.75. The fraction of sp³-hybridized carbons (Fsp3) is 0.478. The van der Waals surface area contributed by atoms with Gasteiger partial charge in [-0.2, -0.15) is 0 Å². The van der Waals surface area contributed by atoms with E-state index in [4.69, 9.17) is 9.47 Å². The molecule has 2 aromatic rings. The number of rotatable bonds is 11. The van der Waals surface area contributed by atoms with Gasteiger partial charge in [-0.05, 0) is 62.6 Å². The van der Waals surface area contributed by atoms with E-state index in [2.05, 4.69) is 24.0 Å². The predicted octanol–water partition coefficient (Wildman–Crippen LogP) is 5.59. The quantitative estimate of drug-likeness (QED) is 0.382. The number of nitrogens with zero attached hydrogens (tertiary/aromatic N) is 1. The molecule has 1 heterocycles. The van der Waals surface area contributed by atoms with E-state index in [0.717, 1.165) is 17.7 Å². The van der Waals surface area contributed by atoms with E-state index in [1.54, 1.807) is 13.8 Å². The molecule has 0 N–H and O–H groups in total. The lowest BCUT2D eigenvalue weighted by Gasteiger charge is -2.13. The lowest BCUT2D eigenvalue weighted by Crippen LogP contribution is -2.25. The number of aryl methyl sites for hydroxylation is 1. The number of benzene rings is 1. The highest BCUT2D eigenvalue weighted by Crippen LogP contribution is 2.22. The fourth-order valence-electron chi connectivity index (χ4n) is 2.89. The summed E-state index contributed by atoms with van der Waals surface area (Å²) in [5, 5.41) is 0. The number of pyridine rings is 1. The first-order valence-electron chi connectivity index (χ1n) is 10.0. The van der Waals surface area contributed by atoms with Crippen LogP contribution in [0.1, 0.15) is 58.4 Å². The van der Waals surface area contributed by atoms with Gasteiger partial charge in [-0.1, -0.05) is 38.7 Å². The maximum absolute atomic E-state index is 11.6. The smallest absolute Gasteiger partial charge is 0.347 e. The molecule has 1 aromatic carbocycles. The number of hydrogen-bond acceptors (Lipinski definition) is 4. The summed E-state index contributed by atoms with van der Waals surface area (Å²) in [5.41, 5.74) is 3.26. The average Bonchev–Trinajstić information content (AvgIpc) is 2.69. The number of ether oxygens (including phenoxy) is 2. The van der Waals surface area contributed by atoms with Crippen LogP contribution in [0.4, 0.5) is 0 Å². The molecular weight excluding hydrogens is 338 g/mol. The SMILES string of the molecule is CCCCCCCc1ccc(-c2ccc(OC(C)C(=O)OCC)cc2)nc1. The third kappa shape index (κ3) is 7.05. The molecule has 0 aliphatic rings.